The highest BCUT2D eigenvalue weighted by atomic mass is 16.5. The Kier molecular flexibility index (Phi) is 5.89. The van der Waals surface area contributed by atoms with Crippen LogP contribution in [-0.2, 0) is 12.8 Å². The lowest BCUT2D eigenvalue weighted by Crippen LogP contribution is -2.21. The summed E-state index contributed by atoms with van der Waals surface area (Å²) in [5.41, 5.74) is 10.3. The van der Waals surface area contributed by atoms with Crippen molar-refractivity contribution >= 4 is 17.8 Å². The molecule has 0 aromatic heterocycles. The lowest BCUT2D eigenvalue weighted by molar-refractivity contribution is 0.0800. The van der Waals surface area contributed by atoms with Crippen molar-refractivity contribution < 1.29 is 14.3 Å². The molecule has 6 heteroatoms. The lowest BCUT2D eigenvalue weighted by Gasteiger charge is -2.16. The largest absolute Gasteiger partial charge is 0.493 e. The van der Waals surface area contributed by atoms with Gasteiger partial charge in [0, 0.05) is 31.1 Å². The van der Waals surface area contributed by atoms with Crippen molar-refractivity contribution in [1.82, 2.24) is 5.01 Å². The predicted molar refractivity (Wildman–Crippen MR) is 122 cm³/mol. The maximum Gasteiger partial charge on any atom is 0.273 e. The van der Waals surface area contributed by atoms with Crippen LogP contribution in [-0.4, -0.2) is 37.4 Å². The molecule has 3 aromatic carbocycles. The van der Waals surface area contributed by atoms with Gasteiger partial charge in [-0.2, -0.15) is 5.10 Å². The van der Waals surface area contributed by atoms with Crippen LogP contribution in [0.1, 0.15) is 27.0 Å². The molecule has 0 aliphatic heterocycles. The first-order chi connectivity index (χ1) is 15.0. The molecule has 3 aromatic rings. The Balaban J connectivity index is 1.47. The first kappa shape index (κ1) is 20.5. The van der Waals surface area contributed by atoms with Gasteiger partial charge in [-0.05, 0) is 59.2 Å². The molecule has 0 fully saturated rings. The number of methoxy groups -OCH3 is 1. The fraction of sp³-hybridized carbons (Fsp3) is 0.200. The highest BCUT2D eigenvalue weighted by Gasteiger charge is 2.23. The fourth-order valence-corrected chi connectivity index (χ4v) is 3.67. The van der Waals surface area contributed by atoms with Crippen molar-refractivity contribution in [1.29, 1.82) is 0 Å². The normalized spacial score (nSPS) is 13.2. The van der Waals surface area contributed by atoms with Crippen LogP contribution in [0.3, 0.4) is 0 Å². The van der Waals surface area contributed by atoms with Gasteiger partial charge in [0.05, 0.1) is 13.3 Å². The number of ether oxygens (including phenoxy) is 2. The Morgan fingerprint density at radius 2 is 1.71 bits per heavy atom. The number of rotatable bonds is 6. The monoisotopic (exact) mass is 415 g/mol. The first-order valence-corrected chi connectivity index (χ1v) is 10.1. The maximum atomic E-state index is 12.5. The number of amides is 1. The average Bonchev–Trinajstić information content (AvgIpc) is 3.20. The Morgan fingerprint density at radius 1 is 1.03 bits per heavy atom. The summed E-state index contributed by atoms with van der Waals surface area (Å²) in [4.78, 5) is 12.5. The van der Waals surface area contributed by atoms with Crippen LogP contribution in [0.5, 0.6) is 11.5 Å². The van der Waals surface area contributed by atoms with Gasteiger partial charge in [-0.25, -0.2) is 5.01 Å². The second-order valence-electron chi connectivity index (χ2n) is 7.52. The van der Waals surface area contributed by atoms with Gasteiger partial charge >= 0.3 is 0 Å². The van der Waals surface area contributed by atoms with Gasteiger partial charge in [-0.15, -0.1) is 0 Å². The number of carbonyl (C=O) groups excluding carboxylic acids is 1. The van der Waals surface area contributed by atoms with Crippen LogP contribution in [0.4, 0.5) is 5.69 Å². The van der Waals surface area contributed by atoms with Crippen LogP contribution in [0.2, 0.25) is 0 Å². The number of carbonyl (C=O) groups is 1. The zero-order valence-corrected chi connectivity index (χ0v) is 17.6. The van der Waals surface area contributed by atoms with Gasteiger partial charge in [-0.3, -0.25) is 4.79 Å². The molecule has 1 aliphatic carbocycles. The van der Waals surface area contributed by atoms with Gasteiger partial charge in [0.1, 0.15) is 6.10 Å². The number of hydrogen-bond acceptors (Lipinski definition) is 5. The third-order valence-corrected chi connectivity index (χ3v) is 5.33. The standard InChI is InChI=1S/C25H25N3O3/c1-28(25(29)18-8-10-21(26)11-9-18)27-16-17-7-12-23(30-2)24(13-17)31-22-14-19-5-3-4-6-20(19)15-22/h3-13,16,22H,14-15,26H2,1-2H3. The molecule has 0 radical (unpaired) electrons. The topological polar surface area (TPSA) is 77.2 Å². The van der Waals surface area contributed by atoms with E-state index in [4.69, 9.17) is 15.2 Å². The number of fused-ring (bicyclic) bond motifs is 1. The van der Waals surface area contributed by atoms with Crippen LogP contribution >= 0.6 is 0 Å². The van der Waals surface area contributed by atoms with Gasteiger partial charge in [-0.1, -0.05) is 24.3 Å². The Bertz CT molecular complexity index is 1080. The van der Waals surface area contributed by atoms with E-state index in [0.29, 0.717) is 22.7 Å². The van der Waals surface area contributed by atoms with Gasteiger partial charge in [0.15, 0.2) is 11.5 Å². The van der Waals surface area contributed by atoms with E-state index in [0.717, 1.165) is 18.4 Å². The van der Waals surface area contributed by atoms with E-state index in [1.54, 1.807) is 44.6 Å². The number of hydrogen-bond donors (Lipinski definition) is 1. The minimum atomic E-state index is -0.218. The molecule has 1 amide bonds. The Hall–Kier alpha value is -3.80. The molecule has 0 atom stereocenters. The van der Waals surface area contributed by atoms with Crippen molar-refractivity contribution in [3.8, 4) is 11.5 Å². The molecule has 2 N–H and O–H groups in total. The molecule has 0 saturated heterocycles. The van der Waals surface area contributed by atoms with E-state index >= 15 is 0 Å². The second kappa shape index (κ2) is 8.92. The summed E-state index contributed by atoms with van der Waals surface area (Å²) in [5, 5.41) is 5.58. The lowest BCUT2D eigenvalue weighted by atomic mass is 10.1. The molecule has 0 heterocycles. The number of benzene rings is 3. The van der Waals surface area contributed by atoms with E-state index in [2.05, 4.69) is 29.4 Å². The smallest absolute Gasteiger partial charge is 0.273 e. The average molecular weight is 415 g/mol. The van der Waals surface area contributed by atoms with Crippen LogP contribution < -0.4 is 15.2 Å². The summed E-state index contributed by atoms with van der Waals surface area (Å²) in [6.45, 7) is 0. The van der Waals surface area contributed by atoms with E-state index in [1.807, 2.05) is 18.2 Å². The molecular weight excluding hydrogens is 390 g/mol. The number of nitrogen functional groups attached to an aromatic ring is 1. The molecule has 0 saturated carbocycles. The molecule has 0 spiro atoms. The maximum absolute atomic E-state index is 12.5. The van der Waals surface area contributed by atoms with Crippen molar-refractivity contribution in [2.45, 2.75) is 18.9 Å². The summed E-state index contributed by atoms with van der Waals surface area (Å²) in [6, 6.07) is 20.8. The minimum Gasteiger partial charge on any atom is -0.493 e. The number of anilines is 1. The molecule has 6 nitrogen and oxygen atoms in total. The molecule has 0 unspecified atom stereocenters. The Labute approximate surface area is 181 Å². The predicted octanol–water partition coefficient (Wildman–Crippen LogP) is 3.93. The van der Waals surface area contributed by atoms with Crippen molar-refractivity contribution in [3.63, 3.8) is 0 Å². The molecule has 1 aliphatic rings. The minimum absolute atomic E-state index is 0.0632. The quantitative estimate of drug-likeness (QED) is 0.376. The number of nitrogens with zero attached hydrogens (tertiary/aromatic N) is 2. The van der Waals surface area contributed by atoms with E-state index in [-0.39, 0.29) is 12.0 Å². The summed E-state index contributed by atoms with van der Waals surface area (Å²) >= 11 is 0. The van der Waals surface area contributed by atoms with Crippen molar-refractivity contribution in [2.24, 2.45) is 5.10 Å². The van der Waals surface area contributed by atoms with Gasteiger partial charge < -0.3 is 15.2 Å². The highest BCUT2D eigenvalue weighted by molar-refractivity contribution is 5.95. The SMILES string of the molecule is COc1ccc(C=NN(C)C(=O)c2ccc(N)cc2)cc1OC1Cc2ccccc2C1. The van der Waals surface area contributed by atoms with Gasteiger partial charge in [0.25, 0.3) is 5.91 Å². The number of nitrogens with two attached hydrogens (primary N) is 1. The molecule has 158 valence electrons. The number of hydrazone groups is 1. The molecule has 4 rings (SSSR count). The van der Waals surface area contributed by atoms with E-state index in [1.165, 1.54) is 16.1 Å². The van der Waals surface area contributed by atoms with Crippen LogP contribution in [0.25, 0.3) is 0 Å². The highest BCUT2D eigenvalue weighted by Crippen LogP contribution is 2.32. The third-order valence-electron chi connectivity index (χ3n) is 5.33. The Morgan fingerprint density at radius 3 is 2.35 bits per heavy atom. The summed E-state index contributed by atoms with van der Waals surface area (Å²) in [7, 11) is 3.24. The van der Waals surface area contributed by atoms with Crippen LogP contribution in [0, 0.1) is 0 Å². The van der Waals surface area contributed by atoms with Gasteiger partial charge in [0.2, 0.25) is 0 Å². The molecule has 0 bridgehead atoms. The fourth-order valence-electron chi connectivity index (χ4n) is 3.67. The first-order valence-electron chi connectivity index (χ1n) is 10.1. The summed E-state index contributed by atoms with van der Waals surface area (Å²) < 4.78 is 11.8. The molecule has 31 heavy (non-hydrogen) atoms. The summed E-state index contributed by atoms with van der Waals surface area (Å²) in [5.74, 6) is 1.11. The van der Waals surface area contributed by atoms with E-state index in [9.17, 15) is 4.79 Å². The van der Waals surface area contributed by atoms with Crippen molar-refractivity contribution in [3.05, 3.63) is 89.0 Å². The summed E-state index contributed by atoms with van der Waals surface area (Å²) in [6.07, 6.45) is 3.44. The molecular formula is C25H25N3O3. The second-order valence-corrected chi connectivity index (χ2v) is 7.52. The zero-order valence-electron chi connectivity index (χ0n) is 17.6. The third kappa shape index (κ3) is 4.69. The zero-order chi connectivity index (χ0) is 21.8. The van der Waals surface area contributed by atoms with Crippen molar-refractivity contribution in [2.75, 3.05) is 19.9 Å². The van der Waals surface area contributed by atoms with E-state index < -0.39 is 0 Å². The van der Waals surface area contributed by atoms with Crippen LogP contribution in [0.15, 0.2) is 71.8 Å².